The van der Waals surface area contributed by atoms with Gasteiger partial charge in [0.05, 0.1) is 6.07 Å². The molecule has 25 heavy (non-hydrogen) atoms. The average molecular weight is 557 g/mol. The largest absolute Gasteiger partial charge is 2.00 e. The maximum absolute atomic E-state index is 8.48. The van der Waals surface area contributed by atoms with Crippen molar-refractivity contribution < 1.29 is 31.1 Å². The topological polar surface area (TPSA) is 48.7 Å². The van der Waals surface area contributed by atoms with Gasteiger partial charge in [0.1, 0.15) is 0 Å². The molecule has 128 valence electrons. The predicted molar refractivity (Wildman–Crippen MR) is 97.3 cm³/mol. The van der Waals surface area contributed by atoms with Crippen LogP contribution < -0.4 is 5.32 Å². The Morgan fingerprint density at radius 1 is 1.32 bits per heavy atom. The number of pyridine rings is 1. The molecule has 1 aromatic carbocycles. The van der Waals surface area contributed by atoms with Crippen LogP contribution in [0.3, 0.4) is 0 Å². The van der Waals surface area contributed by atoms with Gasteiger partial charge in [-0.3, -0.25) is 0 Å². The van der Waals surface area contributed by atoms with Gasteiger partial charge in [0.25, 0.3) is 0 Å². The smallest absolute Gasteiger partial charge is 0.391 e. The summed E-state index contributed by atoms with van der Waals surface area (Å²) in [6.45, 7) is 8.95. The maximum atomic E-state index is 8.48. The fraction of sp³-hybridized carbons (Fsp3) is 0.381. The van der Waals surface area contributed by atoms with E-state index in [0.717, 1.165) is 28.8 Å². The van der Waals surface area contributed by atoms with Crippen LogP contribution in [0.25, 0.3) is 0 Å². The zero-order chi connectivity index (χ0) is 17.4. The van der Waals surface area contributed by atoms with Gasteiger partial charge in [0.2, 0.25) is 0 Å². The molecular formula is C21H25N3U. The molecule has 1 aliphatic heterocycles. The van der Waals surface area contributed by atoms with E-state index in [1.807, 2.05) is 38.1 Å². The summed E-state index contributed by atoms with van der Waals surface area (Å²) in [4.78, 5) is 3.85. The van der Waals surface area contributed by atoms with Crippen LogP contribution in [0.2, 0.25) is 0 Å². The van der Waals surface area contributed by atoms with Crippen LogP contribution in [0.15, 0.2) is 36.4 Å². The first kappa shape index (κ1) is 21.8. The van der Waals surface area contributed by atoms with Gasteiger partial charge in [0.15, 0.2) is 0 Å². The SMILES string of the molecule is C1CNC2CC2C1.Cc1ccc[c-]n1.[CH2-]c1ccc(C#N)cc1C.[U+2]. The van der Waals surface area contributed by atoms with Crippen molar-refractivity contribution in [2.24, 2.45) is 5.92 Å². The van der Waals surface area contributed by atoms with Crippen LogP contribution in [-0.4, -0.2) is 17.6 Å². The van der Waals surface area contributed by atoms with Gasteiger partial charge in [-0.15, -0.1) is 6.07 Å². The number of nitrogens with one attached hydrogen (secondary N) is 1. The van der Waals surface area contributed by atoms with Crippen molar-refractivity contribution in [3.63, 3.8) is 0 Å². The molecule has 2 heterocycles. The third kappa shape index (κ3) is 8.11. The summed E-state index contributed by atoms with van der Waals surface area (Å²) in [5, 5.41) is 11.9. The first-order valence-corrected chi connectivity index (χ1v) is 8.46. The number of aromatic nitrogens is 1. The monoisotopic (exact) mass is 557 g/mol. The van der Waals surface area contributed by atoms with Crippen molar-refractivity contribution in [3.8, 4) is 6.07 Å². The minimum atomic E-state index is 0. The summed E-state index contributed by atoms with van der Waals surface area (Å²) in [5.74, 6) is 1.09. The Balaban J connectivity index is 0.000000187. The zero-order valence-corrected chi connectivity index (χ0v) is 19.2. The molecular weight excluding hydrogens is 532 g/mol. The molecule has 1 saturated carbocycles. The summed E-state index contributed by atoms with van der Waals surface area (Å²) in [5.41, 5.74) is 3.77. The van der Waals surface area contributed by atoms with E-state index in [1.54, 1.807) is 12.1 Å². The molecule has 3 nitrogen and oxygen atoms in total. The Kier molecular flexibility index (Phi) is 9.91. The molecule has 4 rings (SSSR count). The van der Waals surface area contributed by atoms with Crippen molar-refractivity contribution in [2.45, 2.75) is 39.2 Å². The van der Waals surface area contributed by atoms with Gasteiger partial charge in [0, 0.05) is 11.6 Å². The number of rotatable bonds is 0. The minimum Gasteiger partial charge on any atom is -0.391 e. The average Bonchev–Trinajstić information content (AvgIpc) is 3.39. The van der Waals surface area contributed by atoms with E-state index in [0.29, 0.717) is 5.56 Å². The number of aryl methyl sites for hydroxylation is 2. The predicted octanol–water partition coefficient (Wildman–Crippen LogP) is 4.00. The molecule has 0 radical (unpaired) electrons. The number of fused-ring (bicyclic) bond motifs is 1. The molecule has 4 heteroatoms. The first-order valence-electron chi connectivity index (χ1n) is 8.46. The van der Waals surface area contributed by atoms with Crippen molar-refractivity contribution in [1.82, 2.24) is 10.3 Å². The fourth-order valence-corrected chi connectivity index (χ4v) is 2.64. The molecule has 0 spiro atoms. The van der Waals surface area contributed by atoms with Gasteiger partial charge in [-0.25, -0.2) is 0 Å². The van der Waals surface area contributed by atoms with E-state index in [4.69, 9.17) is 5.26 Å². The summed E-state index contributed by atoms with van der Waals surface area (Å²) < 4.78 is 0. The van der Waals surface area contributed by atoms with E-state index >= 15 is 0 Å². The van der Waals surface area contributed by atoms with Crippen molar-refractivity contribution in [3.05, 3.63) is 71.9 Å². The van der Waals surface area contributed by atoms with Gasteiger partial charge in [-0.05, 0) is 31.7 Å². The molecule has 1 aliphatic carbocycles. The molecule has 2 unspecified atom stereocenters. The zero-order valence-electron chi connectivity index (χ0n) is 15.0. The van der Waals surface area contributed by atoms with Gasteiger partial charge >= 0.3 is 31.1 Å². The van der Waals surface area contributed by atoms with Crippen molar-refractivity contribution in [1.29, 1.82) is 5.26 Å². The number of hydrogen-bond donors (Lipinski definition) is 1. The van der Waals surface area contributed by atoms with Gasteiger partial charge in [-0.1, -0.05) is 31.8 Å². The third-order valence-electron chi connectivity index (χ3n) is 4.30. The van der Waals surface area contributed by atoms with Crippen molar-refractivity contribution >= 4 is 0 Å². The summed E-state index contributed by atoms with van der Waals surface area (Å²) in [6.07, 6.45) is 7.10. The molecule has 0 amide bonds. The standard InChI is InChI=1S/C9H8N.C6H11N.C6H6N.U/c1-7-3-4-9(6-10)5-8(7)2;1-2-5-4-6(5)7-3-1;1-6-4-2-3-5-7-6;/h3-5H,1H2,2H3;5-7H,1-4H2;2-4H,1H3;/q-1;;-1;+2. The number of hydrogen-bond acceptors (Lipinski definition) is 3. The Hall–Kier alpha value is -1.26. The minimum absolute atomic E-state index is 0. The molecule has 1 N–H and O–H groups in total. The number of nitrogens with zero attached hydrogens (tertiary/aromatic N) is 2. The van der Waals surface area contributed by atoms with Crippen molar-refractivity contribution in [2.75, 3.05) is 6.54 Å². The van der Waals surface area contributed by atoms with Crippen LogP contribution in [0.1, 0.15) is 41.6 Å². The molecule has 2 aliphatic rings. The van der Waals surface area contributed by atoms with E-state index in [9.17, 15) is 0 Å². The third-order valence-corrected chi connectivity index (χ3v) is 4.30. The summed E-state index contributed by atoms with van der Waals surface area (Å²) in [6, 6.07) is 14.1. The molecule has 1 saturated heterocycles. The van der Waals surface area contributed by atoms with Crippen LogP contribution in [0.5, 0.6) is 0 Å². The van der Waals surface area contributed by atoms with E-state index in [-0.39, 0.29) is 31.1 Å². The molecule has 2 aromatic rings. The summed E-state index contributed by atoms with van der Waals surface area (Å²) >= 11 is 0. The Morgan fingerprint density at radius 3 is 2.56 bits per heavy atom. The number of nitriles is 1. The molecule has 0 bridgehead atoms. The maximum Gasteiger partial charge on any atom is 2.00 e. The van der Waals surface area contributed by atoms with E-state index < -0.39 is 0 Å². The second-order valence-electron chi connectivity index (χ2n) is 6.36. The van der Waals surface area contributed by atoms with E-state index in [2.05, 4.69) is 29.5 Å². The normalized spacial score (nSPS) is 19.4. The summed E-state index contributed by atoms with van der Waals surface area (Å²) in [7, 11) is 0. The van der Waals surface area contributed by atoms with Crippen LogP contribution in [0.4, 0.5) is 0 Å². The second kappa shape index (κ2) is 11.4. The Bertz CT molecular complexity index is 669. The molecule has 1 aromatic heterocycles. The van der Waals surface area contributed by atoms with Crippen LogP contribution in [0, 0.1) is 75.3 Å². The molecule has 2 fully saturated rings. The quantitative estimate of drug-likeness (QED) is 0.499. The van der Waals surface area contributed by atoms with Gasteiger partial charge in [-0.2, -0.15) is 47.6 Å². The van der Waals surface area contributed by atoms with Crippen LogP contribution >= 0.6 is 0 Å². The molecule has 2 atom stereocenters. The van der Waals surface area contributed by atoms with Crippen LogP contribution in [-0.2, 0) is 0 Å². The fourth-order valence-electron chi connectivity index (χ4n) is 2.64. The van der Waals surface area contributed by atoms with E-state index in [1.165, 1.54) is 25.8 Å². The second-order valence-corrected chi connectivity index (χ2v) is 6.36. The van der Waals surface area contributed by atoms with Gasteiger partial charge < -0.3 is 10.3 Å². The first-order chi connectivity index (χ1) is 11.6. The number of piperidine rings is 1. The number of benzene rings is 1. The Labute approximate surface area is 175 Å². The Morgan fingerprint density at radius 2 is 2.12 bits per heavy atom.